The second kappa shape index (κ2) is 4.46. The van der Waals surface area contributed by atoms with Crippen molar-refractivity contribution in [1.82, 2.24) is 9.55 Å². The minimum atomic E-state index is -2.58. The van der Waals surface area contributed by atoms with Crippen molar-refractivity contribution in [3.05, 3.63) is 29.6 Å². The molecule has 0 saturated carbocycles. The maximum absolute atomic E-state index is 12.0. The van der Waals surface area contributed by atoms with E-state index in [0.717, 1.165) is 16.9 Å². The van der Waals surface area contributed by atoms with E-state index in [-0.39, 0.29) is 0 Å². The molecule has 1 heterocycles. The molecule has 0 amide bonds. The zero-order valence-electron chi connectivity index (χ0n) is 12.4. The Morgan fingerprint density at radius 3 is 2.47 bits per heavy atom. The lowest BCUT2D eigenvalue weighted by molar-refractivity contribution is 0.0385. The normalized spacial score (nSPS) is 13.2. The number of rotatable bonds is 3. The van der Waals surface area contributed by atoms with E-state index in [1.165, 1.54) is 5.56 Å². The molecule has 0 N–H and O–H groups in total. The molecule has 2 rings (SSSR count). The lowest BCUT2D eigenvalue weighted by atomic mass is 10.2. The third kappa shape index (κ3) is 2.90. The van der Waals surface area contributed by atoms with Crippen LogP contribution in [0.25, 0.3) is 11.0 Å². The lowest BCUT2D eigenvalue weighted by Gasteiger charge is -2.30. The Balaban J connectivity index is 2.61. The van der Waals surface area contributed by atoms with Gasteiger partial charge in [0.15, 0.2) is 7.37 Å². The summed E-state index contributed by atoms with van der Waals surface area (Å²) in [6.07, 6.45) is 0. The molecule has 19 heavy (non-hydrogen) atoms. The summed E-state index contributed by atoms with van der Waals surface area (Å²) < 4.78 is 19.7. The summed E-state index contributed by atoms with van der Waals surface area (Å²) in [5, 5.41) is 0. The highest BCUT2D eigenvalue weighted by molar-refractivity contribution is 7.57. The van der Waals surface area contributed by atoms with Gasteiger partial charge in [-0.15, -0.1) is 0 Å². The van der Waals surface area contributed by atoms with E-state index in [1.807, 2.05) is 50.5 Å². The second-order valence-corrected chi connectivity index (χ2v) is 8.46. The van der Waals surface area contributed by atoms with Crippen LogP contribution in [0.3, 0.4) is 0 Å². The Kier molecular flexibility index (Phi) is 3.36. The number of imidazole rings is 1. The van der Waals surface area contributed by atoms with Crippen LogP contribution in [0, 0.1) is 13.8 Å². The molecule has 0 radical (unpaired) electrons. The van der Waals surface area contributed by atoms with Crippen LogP contribution >= 0.6 is 7.37 Å². The minimum absolute atomic E-state index is 0.687. The highest BCUT2D eigenvalue weighted by Crippen LogP contribution is 2.45. The first kappa shape index (κ1) is 14.3. The van der Waals surface area contributed by atoms with E-state index in [1.54, 1.807) is 13.3 Å². The first-order valence-electron chi connectivity index (χ1n) is 6.32. The monoisotopic (exact) mass is 280 g/mol. The van der Waals surface area contributed by atoms with Crippen molar-refractivity contribution in [2.75, 3.05) is 13.3 Å². The van der Waals surface area contributed by atoms with Crippen molar-refractivity contribution in [2.45, 2.75) is 33.4 Å². The Bertz CT molecular complexity index is 667. The summed E-state index contributed by atoms with van der Waals surface area (Å²) in [6, 6.07) is 6.13. The molecule has 0 spiro atoms. The van der Waals surface area contributed by atoms with E-state index >= 15 is 0 Å². The van der Waals surface area contributed by atoms with Gasteiger partial charge in [-0.25, -0.2) is 4.98 Å². The average molecular weight is 280 g/mol. The van der Waals surface area contributed by atoms with Gasteiger partial charge < -0.3 is 4.52 Å². The highest BCUT2D eigenvalue weighted by Gasteiger charge is 2.30. The zero-order valence-corrected chi connectivity index (χ0v) is 13.3. The Morgan fingerprint density at radius 1 is 1.26 bits per heavy atom. The van der Waals surface area contributed by atoms with Gasteiger partial charge >= 0.3 is 0 Å². The topological polar surface area (TPSA) is 44.1 Å². The zero-order chi connectivity index (χ0) is 14.4. The van der Waals surface area contributed by atoms with E-state index in [9.17, 15) is 4.57 Å². The molecule has 0 aliphatic rings. The number of nitrogens with zero attached hydrogens (tertiary/aromatic N) is 2. The summed E-state index contributed by atoms with van der Waals surface area (Å²) >= 11 is 0. The number of benzene rings is 1. The third-order valence-corrected chi connectivity index (χ3v) is 3.85. The second-order valence-electron chi connectivity index (χ2n) is 5.78. The molecule has 0 atom stereocenters. The number of aromatic nitrogens is 2. The van der Waals surface area contributed by atoms with Crippen LogP contribution in [0.2, 0.25) is 0 Å². The van der Waals surface area contributed by atoms with Crippen molar-refractivity contribution in [1.29, 1.82) is 0 Å². The fourth-order valence-electron chi connectivity index (χ4n) is 2.57. The maximum Gasteiger partial charge on any atom is 0.199 e. The predicted molar refractivity (Wildman–Crippen MR) is 79.1 cm³/mol. The molecule has 4 nitrogen and oxygen atoms in total. The fraction of sp³-hybridized carbons (Fsp3) is 0.500. The quantitative estimate of drug-likeness (QED) is 0.801. The molecule has 5 heteroatoms. The number of hydrogen-bond donors (Lipinski definition) is 0. The van der Waals surface area contributed by atoms with Gasteiger partial charge in [-0.1, -0.05) is 6.07 Å². The van der Waals surface area contributed by atoms with Gasteiger partial charge in [-0.05, 0) is 45.4 Å². The summed E-state index contributed by atoms with van der Waals surface area (Å²) in [6.45, 7) is 11.1. The number of fused-ring (bicyclic) bond motifs is 1. The molecule has 0 saturated heterocycles. The van der Waals surface area contributed by atoms with Crippen LogP contribution in [0.1, 0.15) is 25.2 Å². The molecule has 104 valence electrons. The fourth-order valence-corrected chi connectivity index (χ4v) is 3.73. The first-order chi connectivity index (χ1) is 8.60. The smallest absolute Gasteiger partial charge is 0.199 e. The van der Waals surface area contributed by atoms with E-state index in [2.05, 4.69) is 4.98 Å². The third-order valence-electron chi connectivity index (χ3n) is 2.96. The van der Waals surface area contributed by atoms with Gasteiger partial charge in [0.25, 0.3) is 0 Å². The molecule has 1 aromatic heterocycles. The van der Waals surface area contributed by atoms with Gasteiger partial charge in [-0.3, -0.25) is 9.13 Å². The van der Waals surface area contributed by atoms with Crippen LogP contribution in [-0.4, -0.2) is 22.9 Å². The van der Waals surface area contributed by atoms with Gasteiger partial charge in [-0.2, -0.15) is 0 Å². The van der Waals surface area contributed by atoms with Crippen molar-refractivity contribution in [2.24, 2.45) is 0 Å². The van der Waals surface area contributed by atoms with Gasteiger partial charge in [0.1, 0.15) is 11.5 Å². The average Bonchev–Trinajstić information content (AvgIpc) is 2.49. The van der Waals surface area contributed by atoms with E-state index in [0.29, 0.717) is 0 Å². The van der Waals surface area contributed by atoms with Gasteiger partial charge in [0.05, 0.1) is 11.0 Å². The Labute approximate surface area is 114 Å². The van der Waals surface area contributed by atoms with Crippen LogP contribution in [0.5, 0.6) is 0 Å². The van der Waals surface area contributed by atoms with Crippen LogP contribution < -0.4 is 0 Å². The van der Waals surface area contributed by atoms with Crippen molar-refractivity contribution in [3.63, 3.8) is 0 Å². The standard InChI is InChI=1S/C14H21N2O2P/c1-10-7-8-13-12(9-10)15-11(2)16(13)14(3,4)18-19(5,6)17/h7-9H,1-6H3. The van der Waals surface area contributed by atoms with E-state index in [4.69, 9.17) is 4.52 Å². The SMILES string of the molecule is Cc1ccc2c(c1)nc(C)n2C(C)(C)OP(C)(C)=O. The predicted octanol–water partition coefficient (Wildman–Crippen LogP) is 3.90. The molecule has 0 aliphatic carbocycles. The Hall–Kier alpha value is -1.12. The Morgan fingerprint density at radius 2 is 1.89 bits per heavy atom. The van der Waals surface area contributed by atoms with E-state index < -0.39 is 13.1 Å². The van der Waals surface area contributed by atoms with Crippen molar-refractivity contribution >= 4 is 18.4 Å². The van der Waals surface area contributed by atoms with Crippen LogP contribution in [0.15, 0.2) is 18.2 Å². The summed E-state index contributed by atoms with van der Waals surface area (Å²) in [7, 11) is -2.58. The molecular weight excluding hydrogens is 259 g/mol. The van der Waals surface area contributed by atoms with Crippen LogP contribution in [-0.2, 0) is 14.8 Å². The van der Waals surface area contributed by atoms with Crippen molar-refractivity contribution in [3.8, 4) is 0 Å². The van der Waals surface area contributed by atoms with Crippen LogP contribution in [0.4, 0.5) is 0 Å². The molecule has 1 aromatic carbocycles. The molecule has 0 aliphatic heterocycles. The molecule has 2 aromatic rings. The first-order valence-corrected chi connectivity index (χ1v) is 8.84. The highest BCUT2D eigenvalue weighted by atomic mass is 31.2. The molecular formula is C14H21N2O2P. The number of aryl methyl sites for hydroxylation is 2. The summed E-state index contributed by atoms with van der Waals surface area (Å²) in [4.78, 5) is 4.56. The van der Waals surface area contributed by atoms with Gasteiger partial charge in [0.2, 0.25) is 0 Å². The lowest BCUT2D eigenvalue weighted by Crippen LogP contribution is -2.29. The maximum atomic E-state index is 12.0. The molecule has 0 unspecified atom stereocenters. The summed E-state index contributed by atoms with van der Waals surface area (Å²) in [5.41, 5.74) is 2.43. The van der Waals surface area contributed by atoms with Gasteiger partial charge in [0, 0.05) is 13.3 Å². The summed E-state index contributed by atoms with van der Waals surface area (Å²) in [5.74, 6) is 0.860. The molecule has 0 bridgehead atoms. The largest absolute Gasteiger partial charge is 0.302 e. The minimum Gasteiger partial charge on any atom is -0.302 e. The molecule has 0 fully saturated rings. The van der Waals surface area contributed by atoms with Crippen molar-refractivity contribution < 1.29 is 9.09 Å². The number of hydrogen-bond acceptors (Lipinski definition) is 3.